The highest BCUT2D eigenvalue weighted by molar-refractivity contribution is 5.93. The second kappa shape index (κ2) is 6.62. The number of nitrogens with zero attached hydrogens (tertiary/aromatic N) is 2. The van der Waals surface area contributed by atoms with Crippen LogP contribution in [0.4, 0.5) is 5.69 Å². The van der Waals surface area contributed by atoms with Crippen molar-refractivity contribution in [2.75, 3.05) is 18.8 Å². The van der Waals surface area contributed by atoms with E-state index < -0.39 is 5.91 Å². The highest BCUT2D eigenvalue weighted by Crippen LogP contribution is 2.16. The Morgan fingerprint density at radius 3 is 2.72 bits per heavy atom. The number of anilines is 1. The molecule has 0 saturated heterocycles. The second-order valence-corrected chi connectivity index (χ2v) is 4.05. The van der Waals surface area contributed by atoms with Crippen molar-refractivity contribution in [1.29, 1.82) is 5.26 Å². The molecule has 0 atom stereocenters. The quantitative estimate of drug-likeness (QED) is 0.735. The molecule has 0 saturated carbocycles. The smallest absolute Gasteiger partial charge is 0.248 e. The number of carbonyl (C=O) groups is 1. The monoisotopic (exact) mass is 246 g/mol. The minimum absolute atomic E-state index is 0.413. The highest BCUT2D eigenvalue weighted by Gasteiger charge is 2.08. The van der Waals surface area contributed by atoms with Gasteiger partial charge in [0.15, 0.2) is 0 Å². The van der Waals surface area contributed by atoms with Gasteiger partial charge in [-0.3, -0.25) is 9.69 Å². The molecule has 0 radical (unpaired) electrons. The van der Waals surface area contributed by atoms with Crippen LogP contribution < -0.4 is 11.5 Å². The van der Waals surface area contributed by atoms with E-state index in [2.05, 4.69) is 11.0 Å². The van der Waals surface area contributed by atoms with Crippen LogP contribution in [0.5, 0.6) is 0 Å². The topological polar surface area (TPSA) is 96.1 Å². The lowest BCUT2D eigenvalue weighted by atomic mass is 10.1. The summed E-state index contributed by atoms with van der Waals surface area (Å²) in [6, 6.07) is 7.20. The fourth-order valence-electron chi connectivity index (χ4n) is 1.69. The molecule has 0 aliphatic heterocycles. The molecule has 5 nitrogen and oxygen atoms in total. The van der Waals surface area contributed by atoms with E-state index in [0.29, 0.717) is 30.8 Å². The molecule has 4 N–H and O–H groups in total. The van der Waals surface area contributed by atoms with Gasteiger partial charge >= 0.3 is 0 Å². The molecular formula is C13H18N4O. The van der Waals surface area contributed by atoms with Crippen LogP contribution in [0, 0.1) is 11.3 Å². The summed E-state index contributed by atoms with van der Waals surface area (Å²) >= 11 is 0. The van der Waals surface area contributed by atoms with Gasteiger partial charge in [0.25, 0.3) is 0 Å². The molecule has 0 aliphatic rings. The van der Waals surface area contributed by atoms with Gasteiger partial charge in [0.05, 0.1) is 6.07 Å². The predicted molar refractivity (Wildman–Crippen MR) is 70.6 cm³/mol. The van der Waals surface area contributed by atoms with Crippen molar-refractivity contribution in [1.82, 2.24) is 4.90 Å². The van der Waals surface area contributed by atoms with E-state index in [-0.39, 0.29) is 0 Å². The van der Waals surface area contributed by atoms with Crippen molar-refractivity contribution in [2.24, 2.45) is 5.73 Å². The van der Waals surface area contributed by atoms with Crippen LogP contribution in [0.2, 0.25) is 0 Å². The standard InChI is InChI=1S/C13H18N4O/c1-2-17(7-3-6-14)9-11-5-4-10(13(16)18)8-12(11)15/h4-5,8H,2-3,7,9,15H2,1H3,(H2,16,18). The number of nitrogen functional groups attached to an aromatic ring is 1. The van der Waals surface area contributed by atoms with Crippen LogP contribution in [0.25, 0.3) is 0 Å². The number of benzene rings is 1. The summed E-state index contributed by atoms with van der Waals surface area (Å²) in [6.45, 7) is 4.26. The third kappa shape index (κ3) is 3.75. The Labute approximate surface area is 107 Å². The number of nitrogens with two attached hydrogens (primary N) is 2. The first-order chi connectivity index (χ1) is 8.58. The number of amides is 1. The van der Waals surface area contributed by atoms with Crippen molar-refractivity contribution < 1.29 is 4.79 Å². The van der Waals surface area contributed by atoms with Crippen LogP contribution >= 0.6 is 0 Å². The van der Waals surface area contributed by atoms with Gasteiger partial charge in [-0.15, -0.1) is 0 Å². The third-order valence-electron chi connectivity index (χ3n) is 2.81. The minimum atomic E-state index is -0.481. The van der Waals surface area contributed by atoms with E-state index in [4.69, 9.17) is 16.7 Å². The number of rotatable bonds is 6. The van der Waals surface area contributed by atoms with Gasteiger partial charge < -0.3 is 11.5 Å². The Kier molecular flexibility index (Phi) is 5.15. The number of hydrogen-bond donors (Lipinski definition) is 2. The van der Waals surface area contributed by atoms with Gasteiger partial charge in [-0.1, -0.05) is 13.0 Å². The summed E-state index contributed by atoms with van der Waals surface area (Å²) in [6.07, 6.45) is 0.493. The van der Waals surface area contributed by atoms with Crippen LogP contribution in [0.3, 0.4) is 0 Å². The number of primary amides is 1. The third-order valence-corrected chi connectivity index (χ3v) is 2.81. The van der Waals surface area contributed by atoms with Crippen molar-refractivity contribution in [3.63, 3.8) is 0 Å². The van der Waals surface area contributed by atoms with Gasteiger partial charge in [0, 0.05) is 30.8 Å². The largest absolute Gasteiger partial charge is 0.398 e. The summed E-state index contributed by atoms with van der Waals surface area (Å²) in [4.78, 5) is 13.1. The molecule has 1 rings (SSSR count). The average molecular weight is 246 g/mol. The number of hydrogen-bond acceptors (Lipinski definition) is 4. The van der Waals surface area contributed by atoms with E-state index in [1.807, 2.05) is 13.0 Å². The minimum Gasteiger partial charge on any atom is -0.398 e. The molecule has 0 aliphatic carbocycles. The normalized spacial score (nSPS) is 10.3. The molecule has 0 spiro atoms. The van der Waals surface area contributed by atoms with Gasteiger partial charge in [-0.25, -0.2) is 0 Å². The fourth-order valence-corrected chi connectivity index (χ4v) is 1.69. The zero-order valence-electron chi connectivity index (χ0n) is 10.5. The SMILES string of the molecule is CCN(CCC#N)Cc1ccc(C(N)=O)cc1N. The van der Waals surface area contributed by atoms with Gasteiger partial charge in [-0.05, 0) is 24.2 Å². The van der Waals surface area contributed by atoms with Gasteiger partial charge in [0.1, 0.15) is 0 Å². The average Bonchev–Trinajstić information content (AvgIpc) is 2.35. The second-order valence-electron chi connectivity index (χ2n) is 4.05. The van der Waals surface area contributed by atoms with Crippen LogP contribution in [0.1, 0.15) is 29.3 Å². The summed E-state index contributed by atoms with van der Waals surface area (Å²) in [7, 11) is 0. The molecule has 0 aromatic heterocycles. The summed E-state index contributed by atoms with van der Waals surface area (Å²) in [5.74, 6) is -0.481. The Morgan fingerprint density at radius 1 is 1.50 bits per heavy atom. The Bertz CT molecular complexity index is 465. The maximum absolute atomic E-state index is 11.0. The molecule has 1 amide bonds. The molecule has 5 heteroatoms. The first-order valence-corrected chi connectivity index (χ1v) is 5.86. The Hall–Kier alpha value is -2.06. The van der Waals surface area contributed by atoms with Crippen LogP contribution in [0.15, 0.2) is 18.2 Å². The molecule has 18 heavy (non-hydrogen) atoms. The zero-order chi connectivity index (χ0) is 13.5. The van der Waals surface area contributed by atoms with E-state index >= 15 is 0 Å². The Morgan fingerprint density at radius 2 is 2.22 bits per heavy atom. The molecule has 1 aromatic carbocycles. The lowest BCUT2D eigenvalue weighted by molar-refractivity contribution is 0.100. The lowest BCUT2D eigenvalue weighted by Crippen LogP contribution is -2.24. The Balaban J connectivity index is 2.78. The molecule has 0 bridgehead atoms. The van der Waals surface area contributed by atoms with E-state index in [9.17, 15) is 4.79 Å². The van der Waals surface area contributed by atoms with E-state index in [1.54, 1.807) is 12.1 Å². The van der Waals surface area contributed by atoms with E-state index in [1.165, 1.54) is 0 Å². The molecule has 0 fully saturated rings. The zero-order valence-corrected chi connectivity index (χ0v) is 10.5. The van der Waals surface area contributed by atoms with Crippen molar-refractivity contribution in [2.45, 2.75) is 19.9 Å². The van der Waals surface area contributed by atoms with Crippen LogP contribution in [-0.4, -0.2) is 23.9 Å². The summed E-state index contributed by atoms with van der Waals surface area (Å²) < 4.78 is 0. The summed E-state index contributed by atoms with van der Waals surface area (Å²) in [5.41, 5.74) is 13.0. The van der Waals surface area contributed by atoms with Crippen molar-refractivity contribution in [3.05, 3.63) is 29.3 Å². The first-order valence-electron chi connectivity index (χ1n) is 5.86. The molecular weight excluding hydrogens is 228 g/mol. The predicted octanol–water partition coefficient (Wildman–Crippen LogP) is 1.10. The number of carbonyl (C=O) groups excluding carboxylic acids is 1. The lowest BCUT2D eigenvalue weighted by Gasteiger charge is -2.20. The van der Waals surface area contributed by atoms with Gasteiger partial charge in [0.2, 0.25) is 5.91 Å². The maximum atomic E-state index is 11.0. The highest BCUT2D eigenvalue weighted by atomic mass is 16.1. The number of nitriles is 1. The molecule has 0 unspecified atom stereocenters. The molecule has 0 heterocycles. The van der Waals surface area contributed by atoms with E-state index in [0.717, 1.165) is 12.1 Å². The van der Waals surface area contributed by atoms with Gasteiger partial charge in [-0.2, -0.15) is 5.26 Å². The summed E-state index contributed by atoms with van der Waals surface area (Å²) in [5, 5.41) is 8.58. The van der Waals surface area contributed by atoms with Crippen molar-refractivity contribution in [3.8, 4) is 6.07 Å². The first kappa shape index (κ1) is 14.0. The molecule has 1 aromatic rings. The van der Waals surface area contributed by atoms with Crippen molar-refractivity contribution >= 4 is 11.6 Å². The fraction of sp³-hybridized carbons (Fsp3) is 0.385. The van der Waals surface area contributed by atoms with Crippen LogP contribution in [-0.2, 0) is 6.54 Å². The molecule has 96 valence electrons. The maximum Gasteiger partial charge on any atom is 0.248 e.